The Balaban J connectivity index is 2.42. The number of nitrogens with one attached hydrogen (secondary N) is 1. The molecule has 86 valence electrons. The van der Waals surface area contributed by atoms with Gasteiger partial charge in [-0.25, -0.2) is 9.18 Å². The summed E-state index contributed by atoms with van der Waals surface area (Å²) >= 11 is 0. The third kappa shape index (κ3) is 3.49. The van der Waals surface area contributed by atoms with Crippen molar-refractivity contribution in [2.45, 2.75) is 38.1 Å². The van der Waals surface area contributed by atoms with Crippen molar-refractivity contribution in [1.82, 2.24) is 5.32 Å². The number of aliphatic carboxylic acids is 1. The number of carboxylic acids is 1. The normalized spacial score (nSPS) is 19.5. The monoisotopic (exact) mass is 217 g/mol. The van der Waals surface area contributed by atoms with Crippen LogP contribution >= 0.6 is 0 Å². The van der Waals surface area contributed by atoms with Crippen molar-refractivity contribution in [2.24, 2.45) is 5.92 Å². The van der Waals surface area contributed by atoms with Gasteiger partial charge in [-0.3, -0.25) is 4.79 Å². The average molecular weight is 217 g/mol. The second-order valence-corrected chi connectivity index (χ2v) is 3.89. The first-order valence-corrected chi connectivity index (χ1v) is 5.24. The van der Waals surface area contributed by atoms with E-state index < -0.39 is 18.7 Å². The van der Waals surface area contributed by atoms with E-state index >= 15 is 0 Å². The smallest absolute Gasteiger partial charge is 0.328 e. The molecule has 1 aliphatic carbocycles. The minimum atomic E-state index is -1.39. The maximum atomic E-state index is 12.2. The fourth-order valence-corrected chi connectivity index (χ4v) is 1.82. The first-order chi connectivity index (χ1) is 7.15. The lowest BCUT2D eigenvalue weighted by molar-refractivity contribution is -0.143. The molecular formula is C10H16FNO3. The molecule has 1 saturated carbocycles. The number of halogens is 1. The summed E-state index contributed by atoms with van der Waals surface area (Å²) in [5, 5.41) is 10.8. The molecule has 0 aromatic rings. The van der Waals surface area contributed by atoms with Crippen LogP contribution < -0.4 is 5.32 Å². The molecule has 15 heavy (non-hydrogen) atoms. The summed E-state index contributed by atoms with van der Waals surface area (Å²) in [6, 6.07) is -1.39. The van der Waals surface area contributed by atoms with E-state index in [2.05, 4.69) is 5.32 Å². The van der Waals surface area contributed by atoms with E-state index in [1.54, 1.807) is 0 Å². The Hall–Kier alpha value is -1.13. The predicted molar refractivity (Wildman–Crippen MR) is 52.1 cm³/mol. The van der Waals surface area contributed by atoms with Crippen molar-refractivity contribution in [3.63, 3.8) is 0 Å². The van der Waals surface area contributed by atoms with Gasteiger partial charge in [-0.15, -0.1) is 0 Å². The summed E-state index contributed by atoms with van der Waals surface area (Å²) in [6.07, 6.45) is 4.67. The second-order valence-electron chi connectivity index (χ2n) is 3.89. The Bertz CT molecular complexity index is 239. The summed E-state index contributed by atoms with van der Waals surface area (Å²) in [4.78, 5) is 22.0. The summed E-state index contributed by atoms with van der Waals surface area (Å²) in [5.74, 6) is -1.77. The predicted octanol–water partition coefficient (Wildman–Crippen LogP) is 1.11. The van der Waals surface area contributed by atoms with Crippen LogP contribution in [0, 0.1) is 5.92 Å². The van der Waals surface area contributed by atoms with Crippen LogP contribution in [0.15, 0.2) is 0 Å². The van der Waals surface area contributed by atoms with Gasteiger partial charge in [0.1, 0.15) is 6.67 Å². The molecule has 0 bridgehead atoms. The zero-order valence-corrected chi connectivity index (χ0v) is 8.54. The summed E-state index contributed by atoms with van der Waals surface area (Å²) in [5.41, 5.74) is 0. The molecule has 0 aliphatic heterocycles. The fraction of sp³-hybridized carbons (Fsp3) is 0.800. The van der Waals surface area contributed by atoms with E-state index in [4.69, 9.17) is 5.11 Å². The van der Waals surface area contributed by atoms with Crippen molar-refractivity contribution in [3.8, 4) is 0 Å². The van der Waals surface area contributed by atoms with Crippen LogP contribution in [0.4, 0.5) is 4.39 Å². The molecule has 1 amide bonds. The maximum Gasteiger partial charge on any atom is 0.328 e. The van der Waals surface area contributed by atoms with Crippen LogP contribution in [0.1, 0.15) is 32.1 Å². The van der Waals surface area contributed by atoms with Gasteiger partial charge in [0.15, 0.2) is 6.04 Å². The molecule has 0 spiro atoms. The van der Waals surface area contributed by atoms with E-state index in [0.717, 1.165) is 32.1 Å². The van der Waals surface area contributed by atoms with Crippen LogP contribution in [0.25, 0.3) is 0 Å². The molecule has 0 radical (unpaired) electrons. The van der Waals surface area contributed by atoms with Gasteiger partial charge >= 0.3 is 5.97 Å². The Kier molecular flexibility index (Phi) is 4.52. The van der Waals surface area contributed by atoms with Crippen molar-refractivity contribution in [2.75, 3.05) is 6.67 Å². The molecular weight excluding hydrogens is 201 g/mol. The standard InChI is InChI=1S/C10H16FNO3/c11-6-8(10(14)15)12-9(13)7-4-2-1-3-5-7/h7-8H,1-6H2,(H,12,13)(H,14,15). The number of carboxylic acid groups (broad SMARTS) is 1. The van der Waals surface area contributed by atoms with Crippen molar-refractivity contribution in [3.05, 3.63) is 0 Å². The van der Waals surface area contributed by atoms with E-state index in [0.29, 0.717) is 0 Å². The largest absolute Gasteiger partial charge is 0.480 e. The second kappa shape index (κ2) is 5.68. The topological polar surface area (TPSA) is 66.4 Å². The molecule has 4 nitrogen and oxygen atoms in total. The minimum Gasteiger partial charge on any atom is -0.480 e. The SMILES string of the molecule is O=C(NC(CF)C(=O)O)C1CCCCC1. The molecule has 0 aromatic carbocycles. The number of rotatable bonds is 4. The zero-order chi connectivity index (χ0) is 11.3. The Morgan fingerprint density at radius 3 is 2.40 bits per heavy atom. The van der Waals surface area contributed by atoms with Gasteiger partial charge in [-0.1, -0.05) is 19.3 Å². The lowest BCUT2D eigenvalue weighted by Gasteiger charge is -2.22. The highest BCUT2D eigenvalue weighted by Gasteiger charge is 2.26. The minimum absolute atomic E-state index is 0.132. The molecule has 5 heteroatoms. The number of carbonyl (C=O) groups is 2. The molecule has 1 atom stereocenters. The highest BCUT2D eigenvalue weighted by molar-refractivity contribution is 5.85. The van der Waals surface area contributed by atoms with Crippen LogP contribution in [-0.4, -0.2) is 29.7 Å². The number of hydrogen-bond acceptors (Lipinski definition) is 2. The van der Waals surface area contributed by atoms with Crippen molar-refractivity contribution in [1.29, 1.82) is 0 Å². The first-order valence-electron chi connectivity index (χ1n) is 5.24. The van der Waals surface area contributed by atoms with Crippen LogP contribution in [0.3, 0.4) is 0 Å². The molecule has 1 aliphatic rings. The van der Waals surface area contributed by atoms with E-state index in [1.165, 1.54) is 0 Å². The summed E-state index contributed by atoms with van der Waals surface area (Å²) < 4.78 is 12.2. The number of hydrogen-bond donors (Lipinski definition) is 2. The average Bonchev–Trinajstić information content (AvgIpc) is 2.26. The zero-order valence-electron chi connectivity index (χ0n) is 8.54. The molecule has 1 rings (SSSR count). The third-order valence-electron chi connectivity index (χ3n) is 2.74. The fourth-order valence-electron chi connectivity index (χ4n) is 1.82. The first kappa shape index (κ1) is 11.9. The van der Waals surface area contributed by atoms with Crippen molar-refractivity contribution >= 4 is 11.9 Å². The quantitative estimate of drug-likeness (QED) is 0.741. The van der Waals surface area contributed by atoms with Crippen LogP contribution in [0.5, 0.6) is 0 Å². The number of alkyl halides is 1. The number of carbonyl (C=O) groups excluding carboxylic acids is 1. The molecule has 0 saturated heterocycles. The van der Waals surface area contributed by atoms with E-state index in [1.807, 2.05) is 0 Å². The molecule has 1 unspecified atom stereocenters. The molecule has 0 aromatic heterocycles. The molecule has 1 fully saturated rings. The van der Waals surface area contributed by atoms with Gasteiger partial charge < -0.3 is 10.4 Å². The maximum absolute atomic E-state index is 12.2. The van der Waals surface area contributed by atoms with Gasteiger partial charge in [0.25, 0.3) is 0 Å². The van der Waals surface area contributed by atoms with Gasteiger partial charge in [0, 0.05) is 5.92 Å². The highest BCUT2D eigenvalue weighted by Crippen LogP contribution is 2.23. The van der Waals surface area contributed by atoms with Crippen LogP contribution in [-0.2, 0) is 9.59 Å². The van der Waals surface area contributed by atoms with Gasteiger partial charge in [0.05, 0.1) is 0 Å². The summed E-state index contributed by atoms with van der Waals surface area (Å²) in [6.45, 7) is -1.06. The highest BCUT2D eigenvalue weighted by atomic mass is 19.1. The van der Waals surface area contributed by atoms with Gasteiger partial charge in [0.2, 0.25) is 5.91 Å². The van der Waals surface area contributed by atoms with E-state index in [-0.39, 0.29) is 11.8 Å². The Morgan fingerprint density at radius 2 is 1.93 bits per heavy atom. The van der Waals surface area contributed by atoms with E-state index in [9.17, 15) is 14.0 Å². The van der Waals surface area contributed by atoms with Crippen LogP contribution in [0.2, 0.25) is 0 Å². The Morgan fingerprint density at radius 1 is 1.33 bits per heavy atom. The van der Waals surface area contributed by atoms with Gasteiger partial charge in [-0.2, -0.15) is 0 Å². The van der Waals surface area contributed by atoms with Crippen molar-refractivity contribution < 1.29 is 19.1 Å². The van der Waals surface area contributed by atoms with Gasteiger partial charge in [-0.05, 0) is 12.8 Å². The lowest BCUT2D eigenvalue weighted by atomic mass is 9.88. The third-order valence-corrected chi connectivity index (χ3v) is 2.74. The lowest BCUT2D eigenvalue weighted by Crippen LogP contribution is -2.45. The Labute approximate surface area is 87.9 Å². The summed E-state index contributed by atoms with van der Waals surface area (Å²) in [7, 11) is 0. The molecule has 0 heterocycles. The molecule has 2 N–H and O–H groups in total. The number of amides is 1.